The molecule has 0 aliphatic heterocycles. The Kier molecular flexibility index (Phi) is 6.10. The molecule has 7 heavy (non-hydrogen) atoms. The fraction of sp³-hybridized carbons (Fsp3) is 0.667. The fourth-order valence-electron chi connectivity index (χ4n) is 0. The predicted molar refractivity (Wildman–Crippen MR) is 16.7 cm³/mol. The number of rotatable bonds is 1. The smallest absolute Gasteiger partial charge is 0.0905 e. The van der Waals surface area contributed by atoms with Crippen LogP contribution in [-0.2, 0) is 24.3 Å². The van der Waals surface area contributed by atoms with E-state index in [9.17, 15) is 9.90 Å². The van der Waals surface area contributed by atoms with Gasteiger partial charge in [-0.2, -0.15) is 0 Å². The van der Waals surface area contributed by atoms with Crippen molar-refractivity contribution in [2.75, 3.05) is 0 Å². The van der Waals surface area contributed by atoms with Crippen molar-refractivity contribution in [1.29, 1.82) is 0 Å². The van der Waals surface area contributed by atoms with Gasteiger partial charge in [0, 0.05) is 19.5 Å². The van der Waals surface area contributed by atoms with Gasteiger partial charge in [-0.25, -0.2) is 0 Å². The van der Waals surface area contributed by atoms with E-state index >= 15 is 0 Å². The van der Waals surface area contributed by atoms with E-state index < -0.39 is 12.1 Å². The second-order valence-electron chi connectivity index (χ2n) is 0.995. The van der Waals surface area contributed by atoms with Crippen LogP contribution >= 0.6 is 0 Å². The number of hydrogen-bond donors (Lipinski definition) is 1. The Morgan fingerprint density at radius 1 is 1.86 bits per heavy atom. The molecule has 1 atom stereocenters. The zero-order valence-corrected chi connectivity index (χ0v) is 7.02. The van der Waals surface area contributed by atoms with Crippen LogP contribution in [0, 0.1) is 0 Å². The van der Waals surface area contributed by atoms with Crippen molar-refractivity contribution in [3.05, 3.63) is 0 Å². The van der Waals surface area contributed by atoms with Crippen molar-refractivity contribution in [2.24, 2.45) is 0 Å². The molecule has 0 aliphatic carbocycles. The molecule has 0 aromatic heterocycles. The number of carbonyl (C=O) groups excluding carboxylic acids is 1. The van der Waals surface area contributed by atoms with Gasteiger partial charge >= 0.3 is 0 Å². The van der Waals surface area contributed by atoms with Crippen molar-refractivity contribution in [3.63, 3.8) is 0 Å². The first kappa shape index (κ1) is 10.1. The molecule has 0 saturated carbocycles. The van der Waals surface area contributed by atoms with Gasteiger partial charge in [-0.3, -0.25) is 0 Å². The van der Waals surface area contributed by atoms with Gasteiger partial charge in [0.1, 0.15) is 0 Å². The van der Waals surface area contributed by atoms with Crippen molar-refractivity contribution >= 4 is 5.97 Å². The summed E-state index contributed by atoms with van der Waals surface area (Å²) in [6.45, 7) is 1.13. The zero-order valence-electron chi connectivity index (χ0n) is 4.05. The first-order valence-corrected chi connectivity index (χ1v) is 1.53. The molecule has 38 valence electrons. The minimum absolute atomic E-state index is 0. The maximum atomic E-state index is 9.34. The van der Waals surface area contributed by atoms with E-state index in [1.54, 1.807) is 0 Å². The summed E-state index contributed by atoms with van der Waals surface area (Å²) in [5.41, 5.74) is 0. The summed E-state index contributed by atoms with van der Waals surface area (Å²) < 4.78 is 0. The summed E-state index contributed by atoms with van der Waals surface area (Å²) >= 11 is 0. The maximum absolute atomic E-state index is 9.34. The Labute approximate surface area is 54.1 Å². The number of hydrogen-bond acceptors (Lipinski definition) is 3. The molecule has 0 aliphatic rings. The van der Waals surface area contributed by atoms with Gasteiger partial charge in [0.15, 0.2) is 0 Å². The number of carboxylic acid groups (broad SMARTS) is 1. The molecule has 1 N–H and O–H groups in total. The molecule has 0 heterocycles. The number of aliphatic hydroxyl groups is 1. The van der Waals surface area contributed by atoms with Crippen LogP contribution in [0.2, 0.25) is 0 Å². The number of carboxylic acids is 1. The summed E-state index contributed by atoms with van der Waals surface area (Å²) in [5, 5.41) is 17.3. The van der Waals surface area contributed by atoms with Gasteiger partial charge in [0.25, 0.3) is 0 Å². The van der Waals surface area contributed by atoms with Crippen molar-refractivity contribution < 1.29 is 34.5 Å². The molecule has 0 saturated heterocycles. The Balaban J connectivity index is 0. The minimum atomic E-state index is -1.44. The number of aliphatic carboxylic acids is 1. The summed E-state index contributed by atoms with van der Waals surface area (Å²) in [6, 6.07) is 0. The molecule has 1 unspecified atom stereocenters. The molecule has 0 aromatic rings. The van der Waals surface area contributed by atoms with E-state index in [4.69, 9.17) is 5.11 Å². The molecule has 4 heteroatoms. The van der Waals surface area contributed by atoms with Crippen LogP contribution in [0.15, 0.2) is 0 Å². The maximum Gasteiger partial charge on any atom is 0.0905 e. The van der Waals surface area contributed by atoms with E-state index in [0.717, 1.165) is 6.92 Å². The molecular weight excluding hydrogens is 149 g/mol. The molecule has 0 amide bonds. The van der Waals surface area contributed by atoms with Crippen LogP contribution in [0.3, 0.4) is 0 Å². The van der Waals surface area contributed by atoms with Crippen LogP contribution < -0.4 is 5.11 Å². The third kappa shape index (κ3) is 6.05. The Morgan fingerprint density at radius 3 is 2.00 bits per heavy atom. The van der Waals surface area contributed by atoms with E-state index in [1.165, 1.54) is 0 Å². The third-order valence-electron chi connectivity index (χ3n) is 0.341. The molecular formula is C3H5O3Zn-. The van der Waals surface area contributed by atoms with Crippen molar-refractivity contribution in [1.82, 2.24) is 0 Å². The normalized spacial score (nSPS) is 11.7. The van der Waals surface area contributed by atoms with Gasteiger partial charge in [-0.05, 0) is 6.92 Å². The number of carbonyl (C=O) groups is 1. The van der Waals surface area contributed by atoms with Gasteiger partial charge < -0.3 is 15.0 Å². The average Bonchev–Trinajstić information content (AvgIpc) is 1.36. The average molecular weight is 154 g/mol. The second-order valence-corrected chi connectivity index (χ2v) is 0.995. The first-order chi connectivity index (χ1) is 2.64. The number of aliphatic hydroxyl groups excluding tert-OH is 1. The van der Waals surface area contributed by atoms with E-state index in [0.29, 0.717) is 0 Å². The van der Waals surface area contributed by atoms with E-state index in [-0.39, 0.29) is 19.5 Å². The van der Waals surface area contributed by atoms with Crippen molar-refractivity contribution in [2.45, 2.75) is 13.0 Å². The molecule has 0 fully saturated rings. The van der Waals surface area contributed by atoms with Gasteiger partial charge in [-0.1, -0.05) is 0 Å². The van der Waals surface area contributed by atoms with Crippen LogP contribution in [0.5, 0.6) is 0 Å². The molecule has 0 radical (unpaired) electrons. The SMILES string of the molecule is CC(O)C(=O)[O-].[Zn]. The standard InChI is InChI=1S/C3H6O3.Zn/c1-2(4)3(5)6;/h2,4H,1H3,(H,5,6);/p-1. The predicted octanol–water partition coefficient (Wildman–Crippen LogP) is -1.89. The Hall–Kier alpha value is 0.0534. The summed E-state index contributed by atoms with van der Waals surface area (Å²) in [6.07, 6.45) is -1.34. The monoisotopic (exact) mass is 153 g/mol. The summed E-state index contributed by atoms with van der Waals surface area (Å²) in [5.74, 6) is -1.44. The zero-order chi connectivity index (χ0) is 5.15. The van der Waals surface area contributed by atoms with Gasteiger partial charge in [-0.15, -0.1) is 0 Å². The first-order valence-electron chi connectivity index (χ1n) is 1.53. The third-order valence-corrected chi connectivity index (χ3v) is 0.341. The summed E-state index contributed by atoms with van der Waals surface area (Å²) in [4.78, 5) is 9.34. The van der Waals surface area contributed by atoms with Gasteiger partial charge in [0.05, 0.1) is 12.1 Å². The molecule has 3 nitrogen and oxygen atoms in total. The van der Waals surface area contributed by atoms with E-state index in [2.05, 4.69) is 0 Å². The fourth-order valence-corrected chi connectivity index (χ4v) is 0. The van der Waals surface area contributed by atoms with Crippen molar-refractivity contribution in [3.8, 4) is 0 Å². The quantitative estimate of drug-likeness (QED) is 0.450. The largest absolute Gasteiger partial charge is 0.547 e. The van der Waals surface area contributed by atoms with Gasteiger partial charge in [0.2, 0.25) is 0 Å². The Morgan fingerprint density at radius 2 is 2.00 bits per heavy atom. The summed E-state index contributed by atoms with van der Waals surface area (Å²) in [7, 11) is 0. The minimum Gasteiger partial charge on any atom is -0.547 e. The molecule has 0 aromatic carbocycles. The van der Waals surface area contributed by atoms with Crippen LogP contribution in [0.1, 0.15) is 6.92 Å². The molecule has 0 rings (SSSR count). The van der Waals surface area contributed by atoms with Crippen LogP contribution in [-0.4, -0.2) is 17.2 Å². The Bertz CT molecular complexity index is 61.2. The van der Waals surface area contributed by atoms with Crippen LogP contribution in [0.4, 0.5) is 0 Å². The molecule has 0 spiro atoms. The van der Waals surface area contributed by atoms with E-state index in [1.807, 2.05) is 0 Å². The van der Waals surface area contributed by atoms with Crippen LogP contribution in [0.25, 0.3) is 0 Å². The molecule has 0 bridgehead atoms. The topological polar surface area (TPSA) is 60.4 Å². The second kappa shape index (κ2) is 4.22.